The number of ether oxygens (including phenoxy) is 1. The molecule has 2 rings (SSSR count). The van der Waals surface area contributed by atoms with E-state index in [9.17, 15) is 4.55 Å². The molecule has 2 heterocycles. The minimum absolute atomic E-state index is 0.226. The van der Waals surface area contributed by atoms with Gasteiger partial charge in [0.25, 0.3) is 0 Å². The molecule has 1 unspecified atom stereocenters. The van der Waals surface area contributed by atoms with Gasteiger partial charge >= 0.3 is 0 Å². The highest BCUT2D eigenvalue weighted by molar-refractivity contribution is 7.99. The van der Waals surface area contributed by atoms with Crippen LogP contribution >= 0.6 is 22.9 Å². The minimum Gasteiger partial charge on any atom is -0.548 e. The van der Waals surface area contributed by atoms with Crippen LogP contribution in [0.3, 0.4) is 0 Å². The molecule has 0 aliphatic carbocycles. The molecule has 0 spiro atoms. The Morgan fingerprint density at radius 2 is 2.19 bits per heavy atom. The number of rotatable bonds is 9. The first-order valence-electron chi connectivity index (χ1n) is 7.21. The van der Waals surface area contributed by atoms with E-state index in [1.54, 1.807) is 11.8 Å². The highest BCUT2D eigenvalue weighted by Crippen LogP contribution is 2.06. The average molecular weight is 333 g/mol. The summed E-state index contributed by atoms with van der Waals surface area (Å²) in [5.74, 6) is 2.08. The molecule has 1 saturated heterocycles. The normalized spacial score (nSPS) is 17.8. The second-order valence-electron chi connectivity index (χ2n) is 4.83. The predicted molar refractivity (Wildman–Crippen MR) is 85.9 cm³/mol. The van der Waals surface area contributed by atoms with Crippen LogP contribution in [0.15, 0.2) is 4.99 Å². The van der Waals surface area contributed by atoms with E-state index in [0.717, 1.165) is 31.3 Å². The molecular formula is C12H23N5O2S2. The van der Waals surface area contributed by atoms with Gasteiger partial charge in [-0.1, -0.05) is 0 Å². The molecule has 3 N–H and O–H groups in total. The summed E-state index contributed by atoms with van der Waals surface area (Å²) in [5.41, 5.74) is 5.99. The molecule has 1 aliphatic heterocycles. The van der Waals surface area contributed by atoms with Crippen molar-refractivity contribution in [3.05, 3.63) is 5.49 Å². The maximum atomic E-state index is 11.0. The third-order valence-electron chi connectivity index (χ3n) is 3.24. The van der Waals surface area contributed by atoms with Crippen LogP contribution in [0, 0.1) is 0 Å². The minimum atomic E-state index is -1.45. The van der Waals surface area contributed by atoms with Crippen molar-refractivity contribution in [1.29, 1.82) is 0 Å². The maximum absolute atomic E-state index is 11.0. The predicted octanol–water partition coefficient (Wildman–Crippen LogP) is 0.466. The lowest BCUT2D eigenvalue weighted by molar-refractivity contribution is 0.124. The van der Waals surface area contributed by atoms with E-state index in [4.69, 9.17) is 10.5 Å². The van der Waals surface area contributed by atoms with Crippen LogP contribution < -0.4 is 11.2 Å². The van der Waals surface area contributed by atoms with Crippen molar-refractivity contribution in [2.45, 2.75) is 12.8 Å². The Labute approximate surface area is 132 Å². The Bertz CT molecular complexity index is 470. The summed E-state index contributed by atoms with van der Waals surface area (Å²) < 4.78 is 22.9. The average Bonchev–Trinajstić information content (AvgIpc) is 3.07. The molecule has 0 amide bonds. The summed E-state index contributed by atoms with van der Waals surface area (Å²) in [6, 6.07) is 0. The lowest BCUT2D eigenvalue weighted by Crippen LogP contribution is -2.24. The molecule has 0 aromatic carbocycles. The van der Waals surface area contributed by atoms with Crippen molar-refractivity contribution in [2.75, 3.05) is 56.6 Å². The first-order valence-corrected chi connectivity index (χ1v) is 9.47. The molecule has 1 atom stereocenters. The van der Waals surface area contributed by atoms with Crippen LogP contribution in [-0.2, 0) is 4.74 Å². The lowest BCUT2D eigenvalue weighted by Gasteiger charge is -2.13. The molecule has 1 aliphatic rings. The van der Waals surface area contributed by atoms with Gasteiger partial charge in [0.05, 0.1) is 19.8 Å². The summed E-state index contributed by atoms with van der Waals surface area (Å²) in [4.78, 5) is 6.68. The van der Waals surface area contributed by atoms with E-state index in [2.05, 4.69) is 18.6 Å². The number of H-pyrrole nitrogens is 1. The standard InChI is InChI=1S/C12H23N5O2S2/c13-11-12(16-21(18)15-11)14-3-9-20-10-8-19-7-6-17-4-1-2-5-17/h1-10H2,(H2,13,15)(H,14,16). The molecule has 0 radical (unpaired) electrons. The van der Waals surface area contributed by atoms with E-state index < -0.39 is 11.1 Å². The zero-order chi connectivity index (χ0) is 14.9. The summed E-state index contributed by atoms with van der Waals surface area (Å²) in [6.45, 7) is 5.74. The van der Waals surface area contributed by atoms with E-state index >= 15 is 0 Å². The van der Waals surface area contributed by atoms with E-state index in [-0.39, 0.29) is 5.82 Å². The van der Waals surface area contributed by atoms with Crippen molar-refractivity contribution in [1.82, 2.24) is 13.6 Å². The number of nitrogens with zero attached hydrogens (tertiary/aromatic N) is 3. The number of aromatic amines is 1. The number of nitrogen functional groups attached to an aromatic ring is 1. The van der Waals surface area contributed by atoms with Gasteiger partial charge in [-0.05, 0) is 25.9 Å². The van der Waals surface area contributed by atoms with Gasteiger partial charge in [0.15, 0.2) is 11.1 Å². The summed E-state index contributed by atoms with van der Waals surface area (Å²) in [6.07, 6.45) is 2.66. The summed E-state index contributed by atoms with van der Waals surface area (Å²) in [5, 5.41) is 0. The van der Waals surface area contributed by atoms with Gasteiger partial charge in [0.1, 0.15) is 0 Å². The quantitative estimate of drug-likeness (QED) is 0.503. The van der Waals surface area contributed by atoms with Crippen LogP contribution in [0.2, 0.25) is 0 Å². The molecule has 1 fully saturated rings. The smallest absolute Gasteiger partial charge is 0.229 e. The Morgan fingerprint density at radius 1 is 1.38 bits per heavy atom. The van der Waals surface area contributed by atoms with Gasteiger partial charge in [0.2, 0.25) is 11.3 Å². The number of anilines is 1. The van der Waals surface area contributed by atoms with Crippen LogP contribution in [0.5, 0.6) is 0 Å². The topological polar surface area (TPSA) is 103 Å². The van der Waals surface area contributed by atoms with E-state index in [1.165, 1.54) is 25.9 Å². The highest BCUT2D eigenvalue weighted by atomic mass is 32.2. The van der Waals surface area contributed by atoms with Gasteiger partial charge in [-0.15, -0.1) is 4.37 Å². The number of thioether (sulfide) groups is 1. The third-order valence-corrected chi connectivity index (χ3v) is 4.89. The van der Waals surface area contributed by atoms with Crippen molar-refractivity contribution in [3.63, 3.8) is 0 Å². The first-order chi connectivity index (χ1) is 10.3. The molecule has 9 heteroatoms. The maximum Gasteiger partial charge on any atom is 0.229 e. The van der Waals surface area contributed by atoms with E-state index in [0.29, 0.717) is 12.0 Å². The number of aromatic nitrogens is 2. The first kappa shape index (κ1) is 16.8. The zero-order valence-electron chi connectivity index (χ0n) is 12.1. The number of nitrogens with one attached hydrogen (secondary N) is 1. The fourth-order valence-corrected chi connectivity index (χ4v) is 3.45. The van der Waals surface area contributed by atoms with Crippen molar-refractivity contribution in [2.24, 2.45) is 4.99 Å². The number of hydrogen-bond acceptors (Lipinski definition) is 7. The van der Waals surface area contributed by atoms with Crippen LogP contribution in [0.4, 0.5) is 5.82 Å². The van der Waals surface area contributed by atoms with Gasteiger partial charge in [-0.2, -0.15) is 11.8 Å². The Hall–Kier alpha value is -0.610. The third kappa shape index (κ3) is 6.35. The van der Waals surface area contributed by atoms with Crippen molar-refractivity contribution >= 4 is 28.7 Å². The number of nitrogens with two attached hydrogens (primary N) is 1. The van der Waals surface area contributed by atoms with Crippen LogP contribution in [0.25, 0.3) is 0 Å². The SMILES string of the molecule is Nc1n[s+]([O-])[nH]c1=NCCSCCOCCN1CCCC1. The Balaban J connectivity index is 1.45. The second-order valence-corrected chi connectivity index (χ2v) is 6.94. The number of hydrogen-bond donors (Lipinski definition) is 2. The molecule has 7 nitrogen and oxygen atoms in total. The number of likely N-dealkylation sites (tertiary alicyclic amines) is 1. The second kappa shape index (κ2) is 9.42. The molecular weight excluding hydrogens is 310 g/mol. The van der Waals surface area contributed by atoms with Crippen LogP contribution in [-0.4, -0.2) is 69.1 Å². The largest absolute Gasteiger partial charge is 0.548 e. The fourth-order valence-electron chi connectivity index (χ4n) is 2.15. The Kier molecular flexibility index (Phi) is 7.51. The van der Waals surface area contributed by atoms with Gasteiger partial charge in [-0.3, -0.25) is 4.99 Å². The molecule has 0 bridgehead atoms. The van der Waals surface area contributed by atoms with Crippen molar-refractivity contribution in [3.8, 4) is 0 Å². The van der Waals surface area contributed by atoms with Crippen molar-refractivity contribution < 1.29 is 9.29 Å². The highest BCUT2D eigenvalue weighted by Gasteiger charge is 2.10. The van der Waals surface area contributed by atoms with E-state index in [1.807, 2.05) is 0 Å². The molecule has 0 saturated carbocycles. The van der Waals surface area contributed by atoms with Crippen LogP contribution in [0.1, 0.15) is 12.8 Å². The van der Waals surface area contributed by atoms with Gasteiger partial charge < -0.3 is 19.9 Å². The molecule has 21 heavy (non-hydrogen) atoms. The fraction of sp³-hybridized carbons (Fsp3) is 0.833. The molecule has 1 aromatic heterocycles. The zero-order valence-corrected chi connectivity index (χ0v) is 13.8. The molecule has 120 valence electrons. The summed E-state index contributed by atoms with van der Waals surface area (Å²) in [7, 11) is 0. The molecule has 1 aromatic rings. The summed E-state index contributed by atoms with van der Waals surface area (Å²) >= 11 is 0.346. The lowest BCUT2D eigenvalue weighted by atomic mass is 10.4. The monoisotopic (exact) mass is 333 g/mol. The van der Waals surface area contributed by atoms with Gasteiger partial charge in [-0.25, -0.2) is 0 Å². The Morgan fingerprint density at radius 3 is 2.90 bits per heavy atom. The van der Waals surface area contributed by atoms with Gasteiger partial charge in [0, 0.05) is 22.4 Å².